The molecule has 2 aromatic rings. The first kappa shape index (κ1) is 19.0. The average molecular weight is 365 g/mol. The number of carbonyl (C=O) groups excluding carboxylic acids is 2. The highest BCUT2D eigenvalue weighted by Crippen LogP contribution is 2.23. The van der Waals surface area contributed by atoms with E-state index in [-0.39, 0.29) is 24.3 Å². The van der Waals surface area contributed by atoms with Crippen molar-refractivity contribution in [1.29, 1.82) is 0 Å². The predicted molar refractivity (Wildman–Crippen MR) is 109 cm³/mol. The highest BCUT2D eigenvalue weighted by atomic mass is 16.2. The summed E-state index contributed by atoms with van der Waals surface area (Å²) in [6.07, 6.45) is 2.66. The molecule has 2 N–H and O–H groups in total. The molecule has 27 heavy (non-hydrogen) atoms. The molecule has 1 atom stereocenters. The van der Waals surface area contributed by atoms with Gasteiger partial charge < -0.3 is 15.5 Å². The molecule has 0 bridgehead atoms. The lowest BCUT2D eigenvalue weighted by molar-refractivity contribution is -0.116. The molecule has 0 radical (unpaired) electrons. The molecule has 1 fully saturated rings. The smallest absolute Gasteiger partial charge is 0.251 e. The van der Waals surface area contributed by atoms with Gasteiger partial charge in [-0.2, -0.15) is 0 Å². The maximum absolute atomic E-state index is 12.4. The number of rotatable bonds is 6. The standard InChI is InChI=1S/C22H27N3O2/c1-16-7-5-8-18(13-16)22(27)23-17(2)14-21(26)24-19-9-6-10-20(15-19)25-11-3-4-12-25/h5-10,13,15,17H,3-4,11-12,14H2,1-2H3,(H,23,27)(H,24,26). The van der Waals surface area contributed by atoms with Crippen molar-refractivity contribution in [2.75, 3.05) is 23.3 Å². The highest BCUT2D eigenvalue weighted by Gasteiger charge is 2.15. The molecule has 0 saturated carbocycles. The van der Waals surface area contributed by atoms with Crippen LogP contribution in [0.1, 0.15) is 42.1 Å². The van der Waals surface area contributed by atoms with E-state index in [4.69, 9.17) is 0 Å². The third kappa shape index (κ3) is 5.33. The summed E-state index contributed by atoms with van der Waals surface area (Å²) in [5.74, 6) is -0.263. The van der Waals surface area contributed by atoms with Crippen molar-refractivity contribution >= 4 is 23.2 Å². The van der Waals surface area contributed by atoms with Crippen molar-refractivity contribution in [3.8, 4) is 0 Å². The van der Waals surface area contributed by atoms with Crippen molar-refractivity contribution in [3.05, 3.63) is 59.7 Å². The lowest BCUT2D eigenvalue weighted by Crippen LogP contribution is -2.35. The molecule has 5 nitrogen and oxygen atoms in total. The number of anilines is 2. The molecular weight excluding hydrogens is 338 g/mol. The van der Waals surface area contributed by atoms with Crippen molar-refractivity contribution in [1.82, 2.24) is 5.32 Å². The van der Waals surface area contributed by atoms with E-state index in [2.05, 4.69) is 21.6 Å². The van der Waals surface area contributed by atoms with Gasteiger partial charge in [-0.25, -0.2) is 0 Å². The molecule has 1 heterocycles. The highest BCUT2D eigenvalue weighted by molar-refractivity contribution is 5.96. The number of carbonyl (C=O) groups is 2. The van der Waals surface area contributed by atoms with Crippen molar-refractivity contribution < 1.29 is 9.59 Å². The number of amides is 2. The van der Waals surface area contributed by atoms with Crippen LogP contribution >= 0.6 is 0 Å². The Kier molecular flexibility index (Phi) is 6.12. The van der Waals surface area contributed by atoms with Crippen molar-refractivity contribution in [2.24, 2.45) is 0 Å². The predicted octanol–water partition coefficient (Wildman–Crippen LogP) is 3.74. The van der Waals surface area contributed by atoms with E-state index in [9.17, 15) is 9.59 Å². The van der Waals surface area contributed by atoms with Gasteiger partial charge in [0.25, 0.3) is 5.91 Å². The Hall–Kier alpha value is -2.82. The normalized spacial score (nSPS) is 14.7. The minimum atomic E-state index is -0.250. The van der Waals surface area contributed by atoms with Gasteiger partial charge in [-0.05, 0) is 57.0 Å². The van der Waals surface area contributed by atoms with Crippen LogP contribution < -0.4 is 15.5 Å². The van der Waals surface area contributed by atoms with Crippen LogP contribution in [0.2, 0.25) is 0 Å². The summed E-state index contributed by atoms with van der Waals surface area (Å²) >= 11 is 0. The third-order valence-corrected chi connectivity index (χ3v) is 4.75. The molecular formula is C22H27N3O2. The number of aryl methyl sites for hydroxylation is 1. The summed E-state index contributed by atoms with van der Waals surface area (Å²) < 4.78 is 0. The molecule has 1 saturated heterocycles. The maximum Gasteiger partial charge on any atom is 0.251 e. The molecule has 5 heteroatoms. The van der Waals surface area contributed by atoms with Gasteiger partial charge in [0.2, 0.25) is 5.91 Å². The number of nitrogens with one attached hydrogen (secondary N) is 2. The Balaban J connectivity index is 1.52. The van der Waals surface area contributed by atoms with E-state index in [0.29, 0.717) is 5.56 Å². The fourth-order valence-electron chi connectivity index (χ4n) is 3.39. The van der Waals surface area contributed by atoms with Gasteiger partial charge >= 0.3 is 0 Å². The van der Waals surface area contributed by atoms with Crippen LogP contribution in [0, 0.1) is 6.92 Å². The Morgan fingerprint density at radius 3 is 2.56 bits per heavy atom. The lowest BCUT2D eigenvalue weighted by atomic mass is 10.1. The van der Waals surface area contributed by atoms with Crippen molar-refractivity contribution in [3.63, 3.8) is 0 Å². The van der Waals surface area contributed by atoms with Crippen LogP contribution in [0.3, 0.4) is 0 Å². The summed E-state index contributed by atoms with van der Waals surface area (Å²) in [6, 6.07) is 15.1. The second kappa shape index (κ2) is 8.71. The zero-order chi connectivity index (χ0) is 19.2. The minimum absolute atomic E-state index is 0.106. The molecule has 3 rings (SSSR count). The van der Waals surface area contributed by atoms with Crippen LogP contribution in [0.5, 0.6) is 0 Å². The zero-order valence-electron chi connectivity index (χ0n) is 16.0. The van der Waals surface area contributed by atoms with E-state index in [1.807, 2.05) is 50.2 Å². The van der Waals surface area contributed by atoms with Gasteiger partial charge in [-0.15, -0.1) is 0 Å². The number of benzene rings is 2. The Labute approximate surface area is 160 Å². The first-order valence-electron chi connectivity index (χ1n) is 9.53. The summed E-state index contributed by atoms with van der Waals surface area (Å²) in [6.45, 7) is 5.93. The molecule has 0 spiro atoms. The van der Waals surface area contributed by atoms with Gasteiger partial charge in [-0.1, -0.05) is 23.8 Å². The molecule has 1 aliphatic rings. The fourth-order valence-corrected chi connectivity index (χ4v) is 3.39. The van der Waals surface area contributed by atoms with Crippen molar-refractivity contribution in [2.45, 2.75) is 39.2 Å². The first-order valence-corrected chi connectivity index (χ1v) is 9.53. The quantitative estimate of drug-likeness (QED) is 0.820. The van der Waals surface area contributed by atoms with Crippen LogP contribution in [-0.4, -0.2) is 30.9 Å². The molecule has 2 amide bonds. The summed E-state index contributed by atoms with van der Waals surface area (Å²) in [5, 5.41) is 5.83. The van der Waals surface area contributed by atoms with E-state index in [0.717, 1.165) is 30.0 Å². The van der Waals surface area contributed by atoms with Crippen LogP contribution in [0.15, 0.2) is 48.5 Å². The van der Waals surface area contributed by atoms with Crippen LogP contribution in [0.25, 0.3) is 0 Å². The van der Waals surface area contributed by atoms with E-state index in [1.165, 1.54) is 12.8 Å². The van der Waals surface area contributed by atoms with Crippen LogP contribution in [-0.2, 0) is 4.79 Å². The van der Waals surface area contributed by atoms with Crippen LogP contribution in [0.4, 0.5) is 11.4 Å². The minimum Gasteiger partial charge on any atom is -0.371 e. The summed E-state index contributed by atoms with van der Waals surface area (Å²) in [4.78, 5) is 27.0. The second-order valence-electron chi connectivity index (χ2n) is 7.24. The fraction of sp³-hybridized carbons (Fsp3) is 0.364. The van der Waals surface area contributed by atoms with E-state index < -0.39 is 0 Å². The molecule has 0 aromatic heterocycles. The van der Waals surface area contributed by atoms with Gasteiger partial charge in [0.1, 0.15) is 0 Å². The van der Waals surface area contributed by atoms with E-state index >= 15 is 0 Å². The van der Waals surface area contributed by atoms with Gasteiger partial charge in [0.05, 0.1) is 0 Å². The summed E-state index contributed by atoms with van der Waals surface area (Å²) in [5.41, 5.74) is 3.58. The van der Waals surface area contributed by atoms with E-state index in [1.54, 1.807) is 6.07 Å². The molecule has 0 aliphatic carbocycles. The molecule has 1 aliphatic heterocycles. The molecule has 1 unspecified atom stereocenters. The Morgan fingerprint density at radius 1 is 1.07 bits per heavy atom. The number of nitrogens with zero attached hydrogens (tertiary/aromatic N) is 1. The average Bonchev–Trinajstić information content (AvgIpc) is 3.16. The Morgan fingerprint density at radius 2 is 1.81 bits per heavy atom. The first-order chi connectivity index (χ1) is 13.0. The van der Waals surface area contributed by atoms with Gasteiger partial charge in [0.15, 0.2) is 0 Å². The largest absolute Gasteiger partial charge is 0.371 e. The molecule has 2 aromatic carbocycles. The second-order valence-corrected chi connectivity index (χ2v) is 7.24. The Bertz CT molecular complexity index is 813. The zero-order valence-corrected chi connectivity index (χ0v) is 16.0. The topological polar surface area (TPSA) is 61.4 Å². The number of hydrogen-bond acceptors (Lipinski definition) is 3. The SMILES string of the molecule is Cc1cccc(C(=O)NC(C)CC(=O)Nc2cccc(N3CCCC3)c2)c1. The third-order valence-electron chi connectivity index (χ3n) is 4.75. The monoisotopic (exact) mass is 365 g/mol. The molecule has 142 valence electrons. The number of hydrogen-bond donors (Lipinski definition) is 2. The maximum atomic E-state index is 12.4. The van der Waals surface area contributed by atoms with Gasteiger partial charge in [-0.3, -0.25) is 9.59 Å². The summed E-state index contributed by atoms with van der Waals surface area (Å²) in [7, 11) is 0. The lowest BCUT2D eigenvalue weighted by Gasteiger charge is -2.19. The van der Waals surface area contributed by atoms with Gasteiger partial charge in [0, 0.05) is 42.5 Å².